The Hall–Kier alpha value is -2.77. The number of nitrogens with one attached hydrogen (secondary N) is 1. The molecule has 1 heterocycles. The minimum atomic E-state index is -0.394. The van der Waals surface area contributed by atoms with Crippen molar-refractivity contribution in [2.75, 3.05) is 13.1 Å². The van der Waals surface area contributed by atoms with Gasteiger partial charge in [-0.1, -0.05) is 24.3 Å². The summed E-state index contributed by atoms with van der Waals surface area (Å²) >= 11 is 0. The average Bonchev–Trinajstić information content (AvgIpc) is 2.67. The van der Waals surface area contributed by atoms with Crippen LogP contribution in [0.25, 0.3) is 0 Å². The summed E-state index contributed by atoms with van der Waals surface area (Å²) in [5.74, 6) is 0.0260. The Morgan fingerprint density at radius 1 is 1.11 bits per heavy atom. The molecule has 2 aromatic rings. The van der Waals surface area contributed by atoms with Crippen molar-refractivity contribution in [3.8, 4) is 0 Å². The van der Waals surface area contributed by atoms with E-state index in [1.807, 2.05) is 49.1 Å². The fourth-order valence-corrected chi connectivity index (χ4v) is 3.42. The van der Waals surface area contributed by atoms with Crippen molar-refractivity contribution in [1.29, 1.82) is 0 Å². The van der Waals surface area contributed by atoms with Gasteiger partial charge < -0.3 is 15.0 Å². The van der Waals surface area contributed by atoms with Crippen LogP contribution in [0.15, 0.2) is 48.5 Å². The SMILES string of the molecule is CC1CN(C(=O)c2ccc(CNCc3cccc([N+](=O)[O-])c3)cc2)CC(C)O1. The summed E-state index contributed by atoms with van der Waals surface area (Å²) in [5.41, 5.74) is 2.67. The fraction of sp³-hybridized carbons (Fsp3) is 0.381. The number of hydrogen-bond donors (Lipinski definition) is 1. The Kier molecular flexibility index (Phi) is 6.38. The van der Waals surface area contributed by atoms with Gasteiger partial charge in [-0.2, -0.15) is 0 Å². The van der Waals surface area contributed by atoms with E-state index >= 15 is 0 Å². The van der Waals surface area contributed by atoms with Gasteiger partial charge in [-0.25, -0.2) is 0 Å². The van der Waals surface area contributed by atoms with Crippen molar-refractivity contribution < 1.29 is 14.5 Å². The van der Waals surface area contributed by atoms with Crippen LogP contribution in [-0.4, -0.2) is 41.0 Å². The van der Waals surface area contributed by atoms with Gasteiger partial charge in [0.15, 0.2) is 0 Å². The number of nitrogens with zero attached hydrogens (tertiary/aromatic N) is 2. The molecule has 7 heteroatoms. The van der Waals surface area contributed by atoms with Gasteiger partial charge in [-0.3, -0.25) is 14.9 Å². The number of carbonyl (C=O) groups excluding carboxylic acids is 1. The standard InChI is InChI=1S/C21H25N3O4/c1-15-13-23(14-16(2)28-15)21(25)19-8-6-17(7-9-19)11-22-12-18-4-3-5-20(10-18)24(26)27/h3-10,15-16,22H,11-14H2,1-2H3. The highest BCUT2D eigenvalue weighted by Crippen LogP contribution is 2.16. The smallest absolute Gasteiger partial charge is 0.269 e. The maximum atomic E-state index is 12.7. The molecule has 0 spiro atoms. The normalized spacial score (nSPS) is 19.4. The summed E-state index contributed by atoms with van der Waals surface area (Å²) < 4.78 is 5.68. The number of nitro groups is 1. The van der Waals surface area contributed by atoms with Crippen molar-refractivity contribution in [1.82, 2.24) is 10.2 Å². The molecule has 0 bridgehead atoms. The first-order valence-electron chi connectivity index (χ1n) is 9.40. The lowest BCUT2D eigenvalue weighted by atomic mass is 10.1. The summed E-state index contributed by atoms with van der Waals surface area (Å²) in [7, 11) is 0. The highest BCUT2D eigenvalue weighted by molar-refractivity contribution is 5.94. The van der Waals surface area contributed by atoms with Gasteiger partial charge in [0.25, 0.3) is 11.6 Å². The Morgan fingerprint density at radius 2 is 1.75 bits per heavy atom. The molecular weight excluding hydrogens is 358 g/mol. The van der Waals surface area contributed by atoms with Gasteiger partial charge in [-0.15, -0.1) is 0 Å². The number of benzene rings is 2. The lowest BCUT2D eigenvalue weighted by molar-refractivity contribution is -0.384. The predicted molar refractivity (Wildman–Crippen MR) is 106 cm³/mol. The number of ether oxygens (including phenoxy) is 1. The van der Waals surface area contributed by atoms with E-state index in [0.717, 1.165) is 11.1 Å². The summed E-state index contributed by atoms with van der Waals surface area (Å²) in [4.78, 5) is 25.0. The van der Waals surface area contributed by atoms with Gasteiger partial charge in [-0.05, 0) is 37.1 Å². The summed E-state index contributed by atoms with van der Waals surface area (Å²) in [6.07, 6.45) is 0.0926. The van der Waals surface area contributed by atoms with E-state index < -0.39 is 4.92 Å². The lowest BCUT2D eigenvalue weighted by Gasteiger charge is -2.35. The van der Waals surface area contributed by atoms with Crippen molar-refractivity contribution in [3.05, 3.63) is 75.3 Å². The van der Waals surface area contributed by atoms with E-state index in [4.69, 9.17) is 4.74 Å². The molecule has 28 heavy (non-hydrogen) atoms. The van der Waals surface area contributed by atoms with E-state index in [2.05, 4.69) is 5.32 Å². The topological polar surface area (TPSA) is 84.7 Å². The number of carbonyl (C=O) groups is 1. The maximum Gasteiger partial charge on any atom is 0.269 e. The molecule has 1 N–H and O–H groups in total. The van der Waals surface area contributed by atoms with Crippen molar-refractivity contribution in [2.45, 2.75) is 39.1 Å². The van der Waals surface area contributed by atoms with E-state index in [-0.39, 0.29) is 23.8 Å². The largest absolute Gasteiger partial charge is 0.372 e. The summed E-state index contributed by atoms with van der Waals surface area (Å²) in [6, 6.07) is 14.1. The third-order valence-electron chi connectivity index (χ3n) is 4.69. The molecule has 3 rings (SSSR count). The summed E-state index contributed by atoms with van der Waals surface area (Å²) in [5, 5.41) is 14.1. The zero-order valence-electron chi connectivity index (χ0n) is 16.1. The van der Waals surface area contributed by atoms with Crippen LogP contribution in [0, 0.1) is 10.1 Å². The predicted octanol–water partition coefficient (Wildman–Crippen LogP) is 3.13. The first kappa shape index (κ1) is 20.0. The number of morpholine rings is 1. The Labute approximate surface area is 164 Å². The Balaban J connectivity index is 1.54. The van der Waals surface area contributed by atoms with Crippen LogP contribution in [0.3, 0.4) is 0 Å². The van der Waals surface area contributed by atoms with Crippen LogP contribution in [0.5, 0.6) is 0 Å². The molecule has 2 aromatic carbocycles. The van der Waals surface area contributed by atoms with Gasteiger partial charge in [0.1, 0.15) is 0 Å². The first-order valence-corrected chi connectivity index (χ1v) is 9.40. The van der Waals surface area contributed by atoms with Crippen molar-refractivity contribution in [3.63, 3.8) is 0 Å². The second kappa shape index (κ2) is 8.95. The average molecular weight is 383 g/mol. The molecule has 2 atom stereocenters. The third-order valence-corrected chi connectivity index (χ3v) is 4.69. The molecule has 1 aliphatic rings. The molecule has 0 saturated carbocycles. The van der Waals surface area contributed by atoms with Crippen LogP contribution < -0.4 is 5.32 Å². The van der Waals surface area contributed by atoms with Gasteiger partial charge in [0.2, 0.25) is 0 Å². The van der Waals surface area contributed by atoms with Gasteiger partial charge in [0.05, 0.1) is 17.1 Å². The molecule has 7 nitrogen and oxygen atoms in total. The molecule has 2 unspecified atom stereocenters. The van der Waals surface area contributed by atoms with E-state index in [1.54, 1.807) is 12.1 Å². The second-order valence-electron chi connectivity index (χ2n) is 7.19. The zero-order chi connectivity index (χ0) is 20.1. The molecule has 1 fully saturated rings. The molecule has 0 aliphatic carbocycles. The molecule has 1 amide bonds. The van der Waals surface area contributed by atoms with Gasteiger partial charge in [0, 0.05) is 43.9 Å². The monoisotopic (exact) mass is 383 g/mol. The van der Waals surface area contributed by atoms with E-state index in [1.165, 1.54) is 6.07 Å². The van der Waals surface area contributed by atoms with Crippen molar-refractivity contribution in [2.24, 2.45) is 0 Å². The molecule has 1 aliphatic heterocycles. The van der Waals surface area contributed by atoms with Crippen LogP contribution in [-0.2, 0) is 17.8 Å². The molecule has 0 radical (unpaired) electrons. The van der Waals surface area contributed by atoms with Gasteiger partial charge >= 0.3 is 0 Å². The number of rotatable bonds is 6. The number of non-ortho nitro benzene ring substituents is 1. The maximum absolute atomic E-state index is 12.7. The van der Waals surface area contributed by atoms with E-state index in [9.17, 15) is 14.9 Å². The van der Waals surface area contributed by atoms with Crippen LogP contribution in [0.4, 0.5) is 5.69 Å². The minimum absolute atomic E-state index is 0.0260. The van der Waals surface area contributed by atoms with Crippen LogP contribution in [0.1, 0.15) is 35.3 Å². The number of amides is 1. The lowest BCUT2D eigenvalue weighted by Crippen LogP contribution is -2.48. The molecule has 0 aromatic heterocycles. The van der Waals surface area contributed by atoms with E-state index in [0.29, 0.717) is 31.7 Å². The minimum Gasteiger partial charge on any atom is -0.372 e. The Morgan fingerprint density at radius 3 is 2.39 bits per heavy atom. The van der Waals surface area contributed by atoms with Crippen molar-refractivity contribution >= 4 is 11.6 Å². The Bertz CT molecular complexity index is 828. The summed E-state index contributed by atoms with van der Waals surface area (Å²) in [6.45, 7) is 6.32. The highest BCUT2D eigenvalue weighted by atomic mass is 16.6. The number of nitro benzene ring substituents is 1. The first-order chi connectivity index (χ1) is 13.4. The van der Waals surface area contributed by atoms with Crippen LogP contribution in [0.2, 0.25) is 0 Å². The second-order valence-corrected chi connectivity index (χ2v) is 7.19. The fourth-order valence-electron chi connectivity index (χ4n) is 3.42. The molecule has 148 valence electrons. The zero-order valence-corrected chi connectivity index (χ0v) is 16.1. The highest BCUT2D eigenvalue weighted by Gasteiger charge is 2.26. The third kappa shape index (κ3) is 5.15. The van der Waals surface area contributed by atoms with Crippen LogP contribution >= 0.6 is 0 Å². The number of hydrogen-bond acceptors (Lipinski definition) is 5. The quantitative estimate of drug-likeness (QED) is 0.612. The molecular formula is C21H25N3O4. The molecule has 1 saturated heterocycles.